The van der Waals surface area contributed by atoms with Crippen LogP contribution < -0.4 is 0 Å². The Hall–Kier alpha value is -3.55. The summed E-state index contributed by atoms with van der Waals surface area (Å²) in [6, 6.07) is 19.5. The van der Waals surface area contributed by atoms with Gasteiger partial charge in [-0.05, 0) is 120 Å². The fraction of sp³-hybridized carbons (Fsp3) is 0.478. The molecule has 0 amide bonds. The Balaban J connectivity index is 0.000000623. The van der Waals surface area contributed by atoms with Crippen molar-refractivity contribution in [2.45, 2.75) is 115 Å². The van der Waals surface area contributed by atoms with Crippen LogP contribution in [0.2, 0.25) is 0 Å². The van der Waals surface area contributed by atoms with Gasteiger partial charge in [0.2, 0.25) is 0 Å². The fourth-order valence-electron chi connectivity index (χ4n) is 4.97. The number of benzene rings is 4. The Morgan fingerprint density at radius 3 is 1.11 bits per heavy atom. The van der Waals surface area contributed by atoms with Crippen LogP contribution in [-0.2, 0) is 9.47 Å². The molecule has 0 radical (unpaired) electrons. The molecule has 1 aliphatic carbocycles. The first-order valence-corrected chi connectivity index (χ1v) is 18.6. The number of halogens is 5. The predicted molar refractivity (Wildman–Crippen MR) is 213 cm³/mol. The highest BCUT2D eigenvalue weighted by Gasteiger charge is 2.14. The van der Waals surface area contributed by atoms with Gasteiger partial charge in [-0.15, -0.1) is 0 Å². The Labute approximate surface area is 318 Å². The second-order valence-corrected chi connectivity index (χ2v) is 14.8. The highest BCUT2D eigenvalue weighted by Crippen LogP contribution is 2.27. The van der Waals surface area contributed by atoms with E-state index in [0.29, 0.717) is 28.2 Å². The van der Waals surface area contributed by atoms with Gasteiger partial charge in [0.25, 0.3) is 0 Å². The van der Waals surface area contributed by atoms with E-state index in [4.69, 9.17) is 9.47 Å². The Bertz CT molecular complexity index is 1520. The summed E-state index contributed by atoms with van der Waals surface area (Å²) in [6.45, 7) is 24.5. The molecule has 2 fully saturated rings. The third-order valence-corrected chi connectivity index (χ3v) is 8.97. The maximum absolute atomic E-state index is 12.6. The SMILES string of the molecule is CC1CCC(C)CC1.CC1COC(C)OC1.Cc1cc(F)c(C)c(F)c1.Cc1ccc(C)c(F)c1.Cc1ccc(C)c(F)c1F.Cc1ccc(C)cc1.[HH]. The third kappa shape index (κ3) is 19.9. The molecule has 1 saturated carbocycles. The smallest absolute Gasteiger partial charge is 0.161 e. The number of hydrogen-bond donors (Lipinski definition) is 0. The van der Waals surface area contributed by atoms with Crippen LogP contribution in [-0.4, -0.2) is 19.5 Å². The van der Waals surface area contributed by atoms with Gasteiger partial charge in [0.15, 0.2) is 17.9 Å². The minimum absolute atomic E-state index is 0. The molecule has 0 spiro atoms. The molecule has 0 bridgehead atoms. The molecule has 7 heteroatoms. The van der Waals surface area contributed by atoms with Crippen molar-refractivity contribution in [2.24, 2.45) is 17.8 Å². The maximum atomic E-state index is 12.6. The van der Waals surface area contributed by atoms with Crippen LogP contribution in [0, 0.1) is 102 Å². The van der Waals surface area contributed by atoms with Gasteiger partial charge in [0.1, 0.15) is 17.5 Å². The zero-order valence-corrected chi connectivity index (χ0v) is 34.1. The summed E-state index contributed by atoms with van der Waals surface area (Å²) >= 11 is 0. The molecule has 53 heavy (non-hydrogen) atoms. The van der Waals surface area contributed by atoms with E-state index >= 15 is 0 Å². The van der Waals surface area contributed by atoms with E-state index in [1.165, 1.54) is 75.8 Å². The van der Waals surface area contributed by atoms with Crippen molar-refractivity contribution in [3.05, 3.63) is 140 Å². The maximum Gasteiger partial charge on any atom is 0.161 e. The third-order valence-electron chi connectivity index (χ3n) is 8.97. The van der Waals surface area contributed by atoms with E-state index in [2.05, 4.69) is 58.9 Å². The monoisotopic (exact) mass is 744 g/mol. The second kappa shape index (κ2) is 24.7. The van der Waals surface area contributed by atoms with Gasteiger partial charge >= 0.3 is 0 Å². The van der Waals surface area contributed by atoms with Crippen molar-refractivity contribution in [2.75, 3.05) is 13.2 Å². The topological polar surface area (TPSA) is 18.5 Å². The van der Waals surface area contributed by atoms with E-state index in [1.807, 2.05) is 19.9 Å². The standard InChI is InChI=1S/2C8H8F2.C8H9F.C8H16.C8H10.C6H12O2.H2/c1-5-3-7(9)6(2)8(10)4-5;1-5-3-4-6(2)8(10)7(5)9;1-6-3-4-7(2)8(9)5-6;2*1-7-3-5-8(2)6-4-7;1-5-3-7-6(2)8-4-5;/h2*3-4H,1-2H3;3-5H,1-2H3;7-8H,3-6H2,1-2H3;3-6H,1-2H3;5-6H,3-4H2,1-2H3;1H. The van der Waals surface area contributed by atoms with Gasteiger partial charge in [0.05, 0.1) is 13.2 Å². The molecule has 1 saturated heterocycles. The van der Waals surface area contributed by atoms with Crippen molar-refractivity contribution in [3.63, 3.8) is 0 Å². The largest absolute Gasteiger partial charge is 0.353 e. The molecule has 296 valence electrons. The summed E-state index contributed by atoms with van der Waals surface area (Å²) in [6.07, 6.45) is 5.91. The Kier molecular flexibility index (Phi) is 22.1. The van der Waals surface area contributed by atoms with Gasteiger partial charge < -0.3 is 9.47 Å². The molecule has 1 aliphatic heterocycles. The van der Waals surface area contributed by atoms with Gasteiger partial charge in [-0.25, -0.2) is 22.0 Å². The van der Waals surface area contributed by atoms with E-state index in [9.17, 15) is 22.0 Å². The second-order valence-electron chi connectivity index (χ2n) is 14.8. The lowest BCUT2D eigenvalue weighted by Gasteiger charge is -2.24. The number of ether oxygens (including phenoxy) is 2. The summed E-state index contributed by atoms with van der Waals surface area (Å²) in [5.74, 6) is 0.0774. The average molecular weight is 745 g/mol. The van der Waals surface area contributed by atoms with E-state index in [-0.39, 0.29) is 19.1 Å². The lowest BCUT2D eigenvalue weighted by atomic mass is 9.84. The Morgan fingerprint density at radius 2 is 0.774 bits per heavy atom. The molecular weight excluding hydrogens is 679 g/mol. The van der Waals surface area contributed by atoms with Crippen molar-refractivity contribution < 1.29 is 32.9 Å². The van der Waals surface area contributed by atoms with Gasteiger partial charge in [-0.1, -0.05) is 106 Å². The summed E-state index contributed by atoms with van der Waals surface area (Å²) in [5, 5.41) is 0. The molecule has 0 aromatic heterocycles. The average Bonchev–Trinajstić information content (AvgIpc) is 3.11. The number of rotatable bonds is 0. The van der Waals surface area contributed by atoms with Crippen LogP contribution >= 0.6 is 0 Å². The first-order chi connectivity index (χ1) is 24.8. The van der Waals surface area contributed by atoms with Crippen molar-refractivity contribution in [3.8, 4) is 0 Å². The summed E-state index contributed by atoms with van der Waals surface area (Å²) in [5.41, 5.74) is 5.74. The summed E-state index contributed by atoms with van der Waals surface area (Å²) in [7, 11) is 0. The Morgan fingerprint density at radius 1 is 0.434 bits per heavy atom. The first-order valence-electron chi connectivity index (χ1n) is 18.6. The lowest BCUT2D eigenvalue weighted by Crippen LogP contribution is -2.27. The van der Waals surface area contributed by atoms with E-state index in [0.717, 1.165) is 30.6 Å². The molecule has 4 aromatic carbocycles. The zero-order valence-electron chi connectivity index (χ0n) is 34.1. The van der Waals surface area contributed by atoms with Crippen LogP contribution in [0.5, 0.6) is 0 Å². The quantitative estimate of drug-likeness (QED) is 0.167. The van der Waals surface area contributed by atoms with Gasteiger partial charge in [-0.3, -0.25) is 0 Å². The lowest BCUT2D eigenvalue weighted by molar-refractivity contribution is -0.187. The molecule has 6 rings (SSSR count). The van der Waals surface area contributed by atoms with Gasteiger partial charge in [-0.2, -0.15) is 0 Å². The van der Waals surface area contributed by atoms with Crippen LogP contribution in [0.3, 0.4) is 0 Å². The van der Waals surface area contributed by atoms with E-state index < -0.39 is 23.3 Å². The van der Waals surface area contributed by atoms with Crippen molar-refractivity contribution >= 4 is 0 Å². The van der Waals surface area contributed by atoms with Crippen LogP contribution in [0.1, 0.15) is 99.3 Å². The van der Waals surface area contributed by atoms with Crippen LogP contribution in [0.25, 0.3) is 0 Å². The van der Waals surface area contributed by atoms with Crippen LogP contribution in [0.15, 0.2) is 66.7 Å². The molecule has 0 N–H and O–H groups in total. The summed E-state index contributed by atoms with van der Waals surface area (Å²) < 4.78 is 73.3. The molecule has 1 heterocycles. The van der Waals surface area contributed by atoms with Crippen molar-refractivity contribution in [1.82, 2.24) is 0 Å². The van der Waals surface area contributed by atoms with Crippen LogP contribution in [0.4, 0.5) is 22.0 Å². The number of aryl methyl sites for hydroxylation is 7. The summed E-state index contributed by atoms with van der Waals surface area (Å²) in [4.78, 5) is 0. The van der Waals surface area contributed by atoms with E-state index in [1.54, 1.807) is 32.0 Å². The minimum atomic E-state index is -0.736. The molecule has 0 atom stereocenters. The number of hydrogen-bond acceptors (Lipinski definition) is 2. The normalized spacial score (nSPS) is 18.8. The van der Waals surface area contributed by atoms with Gasteiger partial charge in [0, 0.05) is 12.9 Å². The minimum Gasteiger partial charge on any atom is -0.353 e. The molecule has 2 aliphatic rings. The fourth-order valence-corrected chi connectivity index (χ4v) is 4.97. The molecule has 2 nitrogen and oxygen atoms in total. The van der Waals surface area contributed by atoms with Crippen molar-refractivity contribution in [1.29, 1.82) is 0 Å². The highest BCUT2D eigenvalue weighted by atomic mass is 19.2. The zero-order chi connectivity index (χ0) is 40.2. The molecule has 0 unspecified atom stereocenters. The first kappa shape index (κ1) is 47.5. The molecule has 4 aromatic rings. The predicted octanol–water partition coefficient (Wildman–Crippen LogP) is 14.0. The molecular formula is C46H65F5O2. The highest BCUT2D eigenvalue weighted by molar-refractivity contribution is 5.25.